The van der Waals surface area contributed by atoms with Gasteiger partial charge in [0.05, 0.1) is 11.4 Å². The second-order valence-corrected chi connectivity index (χ2v) is 7.71. The third-order valence-electron chi connectivity index (χ3n) is 3.44. The topological polar surface area (TPSA) is 87.8 Å². The van der Waals surface area contributed by atoms with E-state index >= 15 is 0 Å². The van der Waals surface area contributed by atoms with Gasteiger partial charge in [0, 0.05) is 19.8 Å². The van der Waals surface area contributed by atoms with E-state index in [1.165, 1.54) is 18.4 Å². The minimum atomic E-state index is -3.52. The van der Waals surface area contributed by atoms with Crippen molar-refractivity contribution in [3.05, 3.63) is 59.7 Å². The number of sulfonamides is 1. The molecule has 24 heavy (non-hydrogen) atoms. The number of benzene rings is 2. The van der Waals surface area contributed by atoms with Crippen LogP contribution >= 0.6 is 0 Å². The van der Waals surface area contributed by atoms with Crippen molar-refractivity contribution in [2.24, 2.45) is 10.7 Å². The van der Waals surface area contributed by atoms with E-state index in [4.69, 9.17) is 5.73 Å². The summed E-state index contributed by atoms with van der Waals surface area (Å²) in [4.78, 5) is 4.49. The van der Waals surface area contributed by atoms with E-state index in [1.54, 1.807) is 24.3 Å². The Morgan fingerprint density at radius 1 is 1.17 bits per heavy atom. The largest absolute Gasteiger partial charge is 0.370 e. The second-order valence-electron chi connectivity index (χ2n) is 5.59. The lowest BCUT2D eigenvalue weighted by Gasteiger charge is -2.14. The Kier molecular flexibility index (Phi) is 5.58. The van der Waals surface area contributed by atoms with Gasteiger partial charge in [0.15, 0.2) is 5.96 Å². The fourth-order valence-electron chi connectivity index (χ4n) is 2.16. The van der Waals surface area contributed by atoms with Crippen LogP contribution in [-0.2, 0) is 16.6 Å². The maximum atomic E-state index is 12.4. The highest BCUT2D eigenvalue weighted by atomic mass is 32.2. The predicted octanol–water partition coefficient (Wildman–Crippen LogP) is 2.17. The Morgan fingerprint density at radius 2 is 1.88 bits per heavy atom. The average molecular weight is 346 g/mol. The zero-order chi connectivity index (χ0) is 17.7. The Bertz CT molecular complexity index is 845. The number of aliphatic imine (C=N–C) groups is 1. The van der Waals surface area contributed by atoms with Gasteiger partial charge in [-0.1, -0.05) is 30.3 Å². The number of hydrogen-bond donors (Lipinski definition) is 2. The summed E-state index contributed by atoms with van der Waals surface area (Å²) in [6.07, 6.45) is 0. The zero-order valence-corrected chi connectivity index (χ0v) is 14.8. The maximum absolute atomic E-state index is 12.4. The zero-order valence-electron chi connectivity index (χ0n) is 14.0. The van der Waals surface area contributed by atoms with Crippen molar-refractivity contribution in [2.45, 2.75) is 18.4 Å². The van der Waals surface area contributed by atoms with E-state index in [0.717, 1.165) is 11.3 Å². The second kappa shape index (κ2) is 7.46. The standard InChI is InChI=1S/C17H22N4O2S/c1-13-7-6-9-15(11-13)20-17(18)19-12-14-8-4-5-10-16(14)24(22,23)21(2)3/h4-11H,12H2,1-3H3,(H3,18,19,20). The van der Waals surface area contributed by atoms with Crippen LogP contribution < -0.4 is 11.1 Å². The number of rotatable bonds is 5. The van der Waals surface area contributed by atoms with Crippen molar-refractivity contribution >= 4 is 21.7 Å². The molecule has 0 radical (unpaired) electrons. The van der Waals surface area contributed by atoms with E-state index in [9.17, 15) is 8.42 Å². The van der Waals surface area contributed by atoms with Crippen LogP contribution in [0.1, 0.15) is 11.1 Å². The molecular formula is C17H22N4O2S. The smallest absolute Gasteiger partial charge is 0.242 e. The minimum Gasteiger partial charge on any atom is -0.370 e. The van der Waals surface area contributed by atoms with Crippen LogP contribution in [0.15, 0.2) is 58.4 Å². The Hall–Kier alpha value is -2.38. The summed E-state index contributed by atoms with van der Waals surface area (Å²) in [5, 5.41) is 3.00. The molecule has 2 rings (SSSR count). The number of hydrogen-bond acceptors (Lipinski definition) is 3. The molecule has 6 nitrogen and oxygen atoms in total. The Balaban J connectivity index is 2.20. The molecule has 0 unspecified atom stereocenters. The fraction of sp³-hybridized carbons (Fsp3) is 0.235. The van der Waals surface area contributed by atoms with Crippen LogP contribution in [0.3, 0.4) is 0 Å². The van der Waals surface area contributed by atoms with Crippen LogP contribution in [0.2, 0.25) is 0 Å². The first kappa shape index (κ1) is 18.0. The molecule has 0 atom stereocenters. The van der Waals surface area contributed by atoms with Gasteiger partial charge in [-0.2, -0.15) is 0 Å². The molecule has 2 aromatic rings. The first-order valence-corrected chi connectivity index (χ1v) is 8.89. The molecule has 0 spiro atoms. The van der Waals surface area contributed by atoms with E-state index in [-0.39, 0.29) is 17.4 Å². The average Bonchev–Trinajstić information content (AvgIpc) is 2.53. The minimum absolute atomic E-state index is 0.174. The summed E-state index contributed by atoms with van der Waals surface area (Å²) in [6, 6.07) is 14.5. The number of guanidine groups is 1. The van der Waals surface area contributed by atoms with E-state index in [0.29, 0.717) is 5.56 Å². The molecule has 0 aliphatic heterocycles. The van der Waals surface area contributed by atoms with Gasteiger partial charge in [0.25, 0.3) is 0 Å². The normalized spacial score (nSPS) is 12.4. The van der Waals surface area contributed by atoms with Crippen molar-refractivity contribution in [1.29, 1.82) is 0 Å². The van der Waals surface area contributed by atoms with Crippen LogP contribution in [-0.4, -0.2) is 32.8 Å². The van der Waals surface area contributed by atoms with Crippen molar-refractivity contribution < 1.29 is 8.42 Å². The van der Waals surface area contributed by atoms with Gasteiger partial charge in [0.2, 0.25) is 10.0 Å². The van der Waals surface area contributed by atoms with Gasteiger partial charge >= 0.3 is 0 Å². The molecular weight excluding hydrogens is 324 g/mol. The molecule has 0 aliphatic carbocycles. The summed E-state index contributed by atoms with van der Waals surface area (Å²) in [7, 11) is -0.511. The van der Waals surface area contributed by atoms with Crippen LogP contribution in [0.5, 0.6) is 0 Å². The number of nitrogens with one attached hydrogen (secondary N) is 1. The molecule has 7 heteroatoms. The molecule has 0 heterocycles. The van der Waals surface area contributed by atoms with Crippen LogP contribution in [0.25, 0.3) is 0 Å². The van der Waals surface area contributed by atoms with E-state index in [2.05, 4.69) is 10.3 Å². The first-order chi connectivity index (χ1) is 11.3. The third-order valence-corrected chi connectivity index (χ3v) is 5.36. The summed E-state index contributed by atoms with van der Waals surface area (Å²) < 4.78 is 25.9. The third kappa shape index (κ3) is 4.33. The van der Waals surface area contributed by atoms with Gasteiger partial charge in [-0.3, -0.25) is 0 Å². The van der Waals surface area contributed by atoms with Crippen LogP contribution in [0.4, 0.5) is 5.69 Å². The summed E-state index contributed by atoms with van der Waals surface area (Å²) in [5.41, 5.74) is 8.44. The van der Waals surface area contributed by atoms with Crippen molar-refractivity contribution in [2.75, 3.05) is 19.4 Å². The molecule has 0 aromatic heterocycles. The molecule has 128 valence electrons. The molecule has 0 bridgehead atoms. The summed E-state index contributed by atoms with van der Waals surface area (Å²) in [6.45, 7) is 2.16. The van der Waals surface area contributed by atoms with Crippen molar-refractivity contribution in [1.82, 2.24) is 4.31 Å². The SMILES string of the molecule is Cc1cccc(NC(N)=NCc2ccccc2S(=O)(=O)N(C)C)c1. The number of nitrogens with two attached hydrogens (primary N) is 1. The summed E-state index contributed by atoms with van der Waals surface area (Å²) >= 11 is 0. The Labute approximate surface area is 143 Å². The molecule has 3 N–H and O–H groups in total. The monoisotopic (exact) mass is 346 g/mol. The molecule has 0 saturated heterocycles. The molecule has 0 fully saturated rings. The van der Waals surface area contributed by atoms with Gasteiger partial charge < -0.3 is 11.1 Å². The van der Waals surface area contributed by atoms with Gasteiger partial charge in [0.1, 0.15) is 0 Å². The van der Waals surface area contributed by atoms with Crippen molar-refractivity contribution in [3.8, 4) is 0 Å². The fourth-order valence-corrected chi connectivity index (χ4v) is 3.27. The molecule has 0 saturated carbocycles. The molecule has 0 aliphatic rings. The van der Waals surface area contributed by atoms with Gasteiger partial charge in [-0.25, -0.2) is 17.7 Å². The number of aryl methyl sites for hydroxylation is 1. The highest BCUT2D eigenvalue weighted by Gasteiger charge is 2.20. The maximum Gasteiger partial charge on any atom is 0.242 e. The quantitative estimate of drug-likeness (QED) is 0.641. The van der Waals surface area contributed by atoms with Gasteiger partial charge in [-0.15, -0.1) is 0 Å². The van der Waals surface area contributed by atoms with E-state index in [1.807, 2.05) is 31.2 Å². The lowest BCUT2D eigenvalue weighted by Crippen LogP contribution is -2.24. The molecule has 0 amide bonds. The lowest BCUT2D eigenvalue weighted by atomic mass is 10.2. The highest BCUT2D eigenvalue weighted by molar-refractivity contribution is 7.89. The number of anilines is 1. The molecule has 2 aromatic carbocycles. The Morgan fingerprint density at radius 3 is 2.54 bits per heavy atom. The highest BCUT2D eigenvalue weighted by Crippen LogP contribution is 2.19. The lowest BCUT2D eigenvalue weighted by molar-refractivity contribution is 0.519. The first-order valence-electron chi connectivity index (χ1n) is 7.45. The van der Waals surface area contributed by atoms with Gasteiger partial charge in [-0.05, 0) is 36.2 Å². The van der Waals surface area contributed by atoms with E-state index < -0.39 is 10.0 Å². The van der Waals surface area contributed by atoms with Crippen molar-refractivity contribution in [3.63, 3.8) is 0 Å². The van der Waals surface area contributed by atoms with Crippen LogP contribution in [0, 0.1) is 6.92 Å². The predicted molar refractivity (Wildman–Crippen MR) is 97.4 cm³/mol. The summed E-state index contributed by atoms with van der Waals surface area (Å²) in [5.74, 6) is 0.234. The number of nitrogens with zero attached hydrogens (tertiary/aromatic N) is 2.